The molecule has 6 fully saturated rings. The van der Waals surface area contributed by atoms with E-state index in [1.807, 2.05) is 0 Å². The molecule has 0 radical (unpaired) electrons. The quantitative estimate of drug-likeness (QED) is 0.391. The average molecular weight is 448 g/mol. The highest BCUT2D eigenvalue weighted by Gasteiger charge is 2.55. The summed E-state index contributed by atoms with van der Waals surface area (Å²) in [4.78, 5) is 0. The molecule has 0 amide bonds. The minimum atomic E-state index is -0.873. The number of hydrogen-bond acceptors (Lipinski definition) is 3. The molecule has 0 bridgehead atoms. The smallest absolute Gasteiger partial charge is 0.259 e. The van der Waals surface area contributed by atoms with E-state index in [0.717, 1.165) is 47.3 Å². The Hall–Kier alpha value is 0.310. The van der Waals surface area contributed by atoms with Crippen molar-refractivity contribution in [1.29, 1.82) is 0 Å². The van der Waals surface area contributed by atoms with Crippen molar-refractivity contribution in [3.63, 3.8) is 0 Å². The fourth-order valence-electron chi connectivity index (χ4n) is 9.36. The van der Waals surface area contributed by atoms with Gasteiger partial charge in [0.2, 0.25) is 0 Å². The lowest BCUT2D eigenvalue weighted by Crippen LogP contribution is -2.51. The molecule has 176 valence electrons. The summed E-state index contributed by atoms with van der Waals surface area (Å²) >= 11 is 0. The number of piperidine rings is 1. The second-order valence-corrected chi connectivity index (χ2v) is 14.0. The molecule has 2 heterocycles. The maximum absolute atomic E-state index is 7.14. The maximum Gasteiger partial charge on any atom is 0.259 e. The van der Waals surface area contributed by atoms with Crippen LogP contribution in [0.15, 0.2) is 0 Å². The Kier molecular flexibility index (Phi) is 6.45. The highest BCUT2D eigenvalue weighted by atomic mass is 31.2. The largest absolute Gasteiger partial charge is 0.318 e. The molecule has 31 heavy (non-hydrogen) atoms. The predicted molar refractivity (Wildman–Crippen MR) is 128 cm³/mol. The second kappa shape index (κ2) is 9.16. The first-order valence-electron chi connectivity index (χ1n) is 14.1. The average Bonchev–Trinajstić information content (AvgIpc) is 2.95. The van der Waals surface area contributed by atoms with Gasteiger partial charge in [0, 0.05) is 13.1 Å². The molecule has 0 aromatic carbocycles. The lowest BCUT2D eigenvalue weighted by molar-refractivity contribution is -0.0856. The van der Waals surface area contributed by atoms with Gasteiger partial charge in [-0.1, -0.05) is 52.4 Å². The van der Waals surface area contributed by atoms with Gasteiger partial charge in [-0.2, -0.15) is 0 Å². The fourth-order valence-corrected chi connectivity index (χ4v) is 11.5. The van der Waals surface area contributed by atoms with E-state index < -0.39 is 8.53 Å². The Morgan fingerprint density at radius 3 is 1.61 bits per heavy atom. The molecule has 6 rings (SSSR count). The molecule has 0 spiro atoms. The van der Waals surface area contributed by atoms with Gasteiger partial charge in [0.05, 0.1) is 12.2 Å². The molecule has 4 saturated carbocycles. The van der Waals surface area contributed by atoms with Crippen molar-refractivity contribution in [3.05, 3.63) is 0 Å². The van der Waals surface area contributed by atoms with Crippen LogP contribution >= 0.6 is 8.53 Å². The van der Waals surface area contributed by atoms with Gasteiger partial charge in [0.25, 0.3) is 8.53 Å². The van der Waals surface area contributed by atoms with Crippen LogP contribution in [0.4, 0.5) is 0 Å². The van der Waals surface area contributed by atoms with Gasteiger partial charge in [-0.25, -0.2) is 4.67 Å². The number of fused-ring (bicyclic) bond motifs is 7. The number of nitrogens with zero attached hydrogens (tertiary/aromatic N) is 1. The molecule has 2 saturated heterocycles. The molecule has 10 unspecified atom stereocenters. The van der Waals surface area contributed by atoms with Gasteiger partial charge in [-0.05, 0) is 92.3 Å². The second-order valence-electron chi connectivity index (χ2n) is 12.6. The summed E-state index contributed by atoms with van der Waals surface area (Å²) in [6, 6.07) is 0. The van der Waals surface area contributed by atoms with Crippen LogP contribution in [-0.4, -0.2) is 30.0 Å². The van der Waals surface area contributed by atoms with Crippen molar-refractivity contribution >= 4 is 8.53 Å². The highest BCUT2D eigenvalue weighted by molar-refractivity contribution is 7.44. The Morgan fingerprint density at radius 2 is 1.10 bits per heavy atom. The summed E-state index contributed by atoms with van der Waals surface area (Å²) in [5.74, 6) is 6.97. The molecule has 2 aliphatic heterocycles. The maximum atomic E-state index is 7.14. The van der Waals surface area contributed by atoms with Crippen LogP contribution in [0.1, 0.15) is 97.3 Å². The van der Waals surface area contributed by atoms with E-state index in [4.69, 9.17) is 9.05 Å². The third kappa shape index (κ3) is 4.17. The topological polar surface area (TPSA) is 21.7 Å². The van der Waals surface area contributed by atoms with E-state index in [9.17, 15) is 0 Å². The predicted octanol–water partition coefficient (Wildman–Crippen LogP) is 7.41. The minimum Gasteiger partial charge on any atom is -0.318 e. The first-order chi connectivity index (χ1) is 15.2. The summed E-state index contributed by atoms with van der Waals surface area (Å²) < 4.78 is 16.9. The normalized spacial score (nSPS) is 53.4. The molecule has 0 aromatic rings. The molecule has 4 aliphatic carbocycles. The van der Waals surface area contributed by atoms with Gasteiger partial charge < -0.3 is 9.05 Å². The summed E-state index contributed by atoms with van der Waals surface area (Å²) in [5, 5.41) is 0. The van der Waals surface area contributed by atoms with Crippen molar-refractivity contribution in [1.82, 2.24) is 4.67 Å². The zero-order valence-electron chi connectivity index (χ0n) is 20.1. The third-order valence-corrected chi connectivity index (χ3v) is 12.1. The molecular formula is C27H46NO2P. The van der Waals surface area contributed by atoms with Crippen LogP contribution in [0.2, 0.25) is 0 Å². The molecule has 10 atom stereocenters. The zero-order valence-corrected chi connectivity index (χ0v) is 21.0. The van der Waals surface area contributed by atoms with E-state index in [-0.39, 0.29) is 0 Å². The molecule has 6 aliphatic rings. The van der Waals surface area contributed by atoms with Gasteiger partial charge in [0.15, 0.2) is 0 Å². The fraction of sp³-hybridized carbons (Fsp3) is 1.00. The number of hydrogen-bond donors (Lipinski definition) is 0. The Morgan fingerprint density at radius 1 is 0.613 bits per heavy atom. The van der Waals surface area contributed by atoms with Crippen LogP contribution in [0.5, 0.6) is 0 Å². The van der Waals surface area contributed by atoms with E-state index in [1.165, 1.54) is 96.6 Å². The summed E-state index contributed by atoms with van der Waals surface area (Å²) in [5.41, 5.74) is 0. The van der Waals surface area contributed by atoms with Crippen molar-refractivity contribution < 1.29 is 9.05 Å². The van der Waals surface area contributed by atoms with Crippen molar-refractivity contribution in [2.75, 3.05) is 13.1 Å². The standard InChI is InChI=1S/C27H46NO2P/c1-18-15-19(2)17-28(16-18)31-29-24-13-11-20-7-3-5-9-22(20)26(24)27-23-10-6-4-8-21(23)12-14-25(27)30-31/h18-27H,3-17H2,1-2H3. The first-order valence-corrected chi connectivity index (χ1v) is 15.2. The van der Waals surface area contributed by atoms with E-state index >= 15 is 0 Å². The van der Waals surface area contributed by atoms with Crippen molar-refractivity contribution in [3.8, 4) is 0 Å². The van der Waals surface area contributed by atoms with Crippen LogP contribution < -0.4 is 0 Å². The van der Waals surface area contributed by atoms with Crippen LogP contribution in [0.3, 0.4) is 0 Å². The zero-order chi connectivity index (χ0) is 20.9. The van der Waals surface area contributed by atoms with E-state index in [1.54, 1.807) is 0 Å². The minimum absolute atomic E-state index is 0.480. The van der Waals surface area contributed by atoms with Crippen LogP contribution in [0, 0.1) is 47.3 Å². The SMILES string of the molecule is CC1CC(C)CN(P2OC3CCC4CCCCC4C3C3C(CCC4CCCCC43)O2)C1. The third-order valence-electron chi connectivity index (χ3n) is 10.4. The lowest BCUT2D eigenvalue weighted by atomic mass is 9.53. The first kappa shape index (κ1) is 21.8. The highest BCUT2D eigenvalue weighted by Crippen LogP contribution is 2.62. The van der Waals surface area contributed by atoms with Crippen molar-refractivity contribution in [2.24, 2.45) is 47.3 Å². The molecule has 4 heteroatoms. The van der Waals surface area contributed by atoms with E-state index in [2.05, 4.69) is 18.5 Å². The van der Waals surface area contributed by atoms with Gasteiger partial charge in [0.1, 0.15) is 0 Å². The summed E-state index contributed by atoms with van der Waals surface area (Å²) in [6.45, 7) is 7.23. The van der Waals surface area contributed by atoms with Crippen LogP contribution in [0.25, 0.3) is 0 Å². The van der Waals surface area contributed by atoms with Crippen LogP contribution in [-0.2, 0) is 9.05 Å². The van der Waals surface area contributed by atoms with Crippen molar-refractivity contribution in [2.45, 2.75) is 110 Å². The van der Waals surface area contributed by atoms with E-state index in [0.29, 0.717) is 12.2 Å². The Labute approximate surface area is 192 Å². The van der Waals surface area contributed by atoms with Gasteiger partial charge in [-0.3, -0.25) is 0 Å². The Balaban J connectivity index is 1.32. The Bertz CT molecular complexity index is 580. The lowest BCUT2D eigenvalue weighted by Gasteiger charge is -2.53. The molecule has 0 aromatic heterocycles. The summed E-state index contributed by atoms with van der Waals surface area (Å²) in [6.07, 6.45) is 19.6. The molecule has 0 N–H and O–H groups in total. The molecular weight excluding hydrogens is 401 g/mol. The number of rotatable bonds is 1. The van der Waals surface area contributed by atoms with Gasteiger partial charge >= 0.3 is 0 Å². The summed E-state index contributed by atoms with van der Waals surface area (Å²) in [7, 11) is -0.873. The molecule has 3 nitrogen and oxygen atoms in total. The monoisotopic (exact) mass is 447 g/mol. The van der Waals surface area contributed by atoms with Gasteiger partial charge in [-0.15, -0.1) is 0 Å².